The largest absolute Gasteiger partial charge is 0.459 e. The summed E-state index contributed by atoms with van der Waals surface area (Å²) in [5, 5.41) is 3.34. The molecule has 0 aliphatic carbocycles. The maximum atomic E-state index is 13.4. The molecule has 1 aliphatic rings. The summed E-state index contributed by atoms with van der Waals surface area (Å²) in [6.07, 6.45) is 3.24. The Hall–Kier alpha value is -2.60. The number of benzene rings is 1. The number of esters is 1. The molecule has 150 valence electrons. The predicted molar refractivity (Wildman–Crippen MR) is 107 cm³/mol. The molecule has 0 radical (unpaired) electrons. The van der Waals surface area contributed by atoms with Gasteiger partial charge in [0.2, 0.25) is 0 Å². The maximum absolute atomic E-state index is 13.4. The molecular formula is C22H28N2O4. The van der Waals surface area contributed by atoms with Crippen LogP contribution in [0.4, 0.5) is 5.69 Å². The number of furan rings is 1. The number of nitrogens with zero attached hydrogens (tertiary/aromatic N) is 1. The molecule has 6 heteroatoms. The van der Waals surface area contributed by atoms with E-state index < -0.39 is 17.6 Å². The first-order chi connectivity index (χ1) is 13.4. The van der Waals surface area contributed by atoms with Crippen molar-refractivity contribution in [3.8, 4) is 0 Å². The van der Waals surface area contributed by atoms with E-state index in [9.17, 15) is 9.59 Å². The monoisotopic (exact) mass is 384 g/mol. The maximum Gasteiger partial charge on any atom is 0.330 e. The van der Waals surface area contributed by atoms with Crippen LogP contribution in [0.1, 0.15) is 44.2 Å². The molecule has 1 aliphatic heterocycles. The van der Waals surface area contributed by atoms with Crippen molar-refractivity contribution in [2.24, 2.45) is 5.92 Å². The smallest absolute Gasteiger partial charge is 0.330 e. The Bertz CT molecular complexity index is 775. The Morgan fingerprint density at radius 3 is 2.50 bits per heavy atom. The average Bonchev–Trinajstić information content (AvgIpc) is 3.20. The minimum absolute atomic E-state index is 0.0530. The lowest BCUT2D eigenvalue weighted by atomic mass is 9.89. The summed E-state index contributed by atoms with van der Waals surface area (Å²) in [7, 11) is 0. The normalized spacial score (nSPS) is 18.3. The van der Waals surface area contributed by atoms with E-state index in [2.05, 4.69) is 5.32 Å². The van der Waals surface area contributed by atoms with Gasteiger partial charge in [0.05, 0.1) is 6.26 Å². The van der Waals surface area contributed by atoms with Gasteiger partial charge < -0.3 is 14.5 Å². The number of anilines is 1. The number of para-hydroxylation sites is 1. The molecule has 6 nitrogen and oxygen atoms in total. The van der Waals surface area contributed by atoms with Crippen LogP contribution < -0.4 is 10.2 Å². The SMILES string of the molecule is CC(C)(C)OC(=O)C(C1CCCNC1)N(C(=O)c1ccco1)c1ccccc1. The topological polar surface area (TPSA) is 71.8 Å². The van der Waals surface area contributed by atoms with Gasteiger partial charge in [-0.1, -0.05) is 18.2 Å². The Morgan fingerprint density at radius 2 is 1.93 bits per heavy atom. The number of amides is 1. The lowest BCUT2D eigenvalue weighted by molar-refractivity contribution is -0.158. The fourth-order valence-corrected chi connectivity index (χ4v) is 3.53. The highest BCUT2D eigenvalue weighted by Crippen LogP contribution is 2.29. The lowest BCUT2D eigenvalue weighted by Gasteiger charge is -2.38. The van der Waals surface area contributed by atoms with Crippen LogP contribution in [0.5, 0.6) is 0 Å². The summed E-state index contributed by atoms with van der Waals surface area (Å²) in [6.45, 7) is 7.07. The molecule has 0 bridgehead atoms. The number of nitrogens with one attached hydrogen (secondary N) is 1. The van der Waals surface area contributed by atoms with Gasteiger partial charge in [0, 0.05) is 18.2 Å². The third kappa shape index (κ3) is 4.81. The predicted octanol–water partition coefficient (Wildman–Crippen LogP) is 3.64. The number of rotatable bonds is 5. The van der Waals surface area contributed by atoms with Crippen molar-refractivity contribution in [3.05, 3.63) is 54.5 Å². The third-order valence-corrected chi connectivity index (χ3v) is 4.69. The second-order valence-corrected chi connectivity index (χ2v) is 8.07. The zero-order valence-electron chi connectivity index (χ0n) is 16.7. The quantitative estimate of drug-likeness (QED) is 0.797. The molecule has 1 saturated heterocycles. The standard InChI is InChI=1S/C22H28N2O4/c1-22(2,3)28-21(26)19(16-9-7-13-23-15-16)24(17-10-5-4-6-11-17)20(25)18-12-8-14-27-18/h4-6,8,10-12,14,16,19,23H,7,9,13,15H2,1-3H3. The van der Waals surface area contributed by atoms with Crippen LogP contribution in [0.2, 0.25) is 0 Å². The number of carbonyl (C=O) groups excluding carboxylic acids is 2. The van der Waals surface area contributed by atoms with Gasteiger partial charge in [-0.05, 0) is 64.4 Å². The first kappa shape index (κ1) is 20.1. The van der Waals surface area contributed by atoms with E-state index in [0.717, 1.165) is 19.4 Å². The molecule has 1 amide bonds. The van der Waals surface area contributed by atoms with Gasteiger partial charge in [-0.15, -0.1) is 0 Å². The summed E-state index contributed by atoms with van der Waals surface area (Å²) in [5.74, 6) is -0.605. The van der Waals surface area contributed by atoms with Crippen LogP contribution in [0.25, 0.3) is 0 Å². The molecule has 3 rings (SSSR count). The summed E-state index contributed by atoms with van der Waals surface area (Å²) in [4.78, 5) is 28.2. The lowest BCUT2D eigenvalue weighted by Crippen LogP contribution is -2.55. The Morgan fingerprint density at radius 1 is 1.18 bits per heavy atom. The highest BCUT2D eigenvalue weighted by molar-refractivity contribution is 6.07. The van der Waals surface area contributed by atoms with Crippen molar-refractivity contribution in [2.75, 3.05) is 18.0 Å². The molecule has 2 atom stereocenters. The van der Waals surface area contributed by atoms with Gasteiger partial charge in [-0.25, -0.2) is 4.79 Å². The van der Waals surface area contributed by atoms with Crippen LogP contribution in [-0.4, -0.2) is 36.6 Å². The minimum Gasteiger partial charge on any atom is -0.459 e. The number of carbonyl (C=O) groups is 2. The van der Waals surface area contributed by atoms with Crippen molar-refractivity contribution in [1.82, 2.24) is 5.32 Å². The van der Waals surface area contributed by atoms with Crippen molar-refractivity contribution in [1.29, 1.82) is 0 Å². The van der Waals surface area contributed by atoms with Gasteiger partial charge in [-0.2, -0.15) is 0 Å². The minimum atomic E-state index is -0.743. The summed E-state index contributed by atoms with van der Waals surface area (Å²) >= 11 is 0. The Labute approximate surface area is 165 Å². The van der Waals surface area contributed by atoms with Gasteiger partial charge in [0.25, 0.3) is 5.91 Å². The van der Waals surface area contributed by atoms with E-state index >= 15 is 0 Å². The Balaban J connectivity index is 2.04. The summed E-state index contributed by atoms with van der Waals surface area (Å²) in [6, 6.07) is 11.8. The van der Waals surface area contributed by atoms with Crippen LogP contribution in [0.15, 0.2) is 53.1 Å². The molecule has 2 unspecified atom stereocenters. The van der Waals surface area contributed by atoms with E-state index in [4.69, 9.17) is 9.15 Å². The number of ether oxygens (including phenoxy) is 1. The summed E-state index contributed by atoms with van der Waals surface area (Å²) in [5.41, 5.74) is -0.00149. The number of hydrogen-bond acceptors (Lipinski definition) is 5. The van der Waals surface area contributed by atoms with Crippen LogP contribution >= 0.6 is 0 Å². The van der Waals surface area contributed by atoms with Crippen LogP contribution in [0, 0.1) is 5.92 Å². The molecule has 1 aromatic carbocycles. The van der Waals surface area contributed by atoms with E-state index in [-0.39, 0.29) is 17.6 Å². The second kappa shape index (κ2) is 8.61. The number of hydrogen-bond donors (Lipinski definition) is 1. The molecule has 0 saturated carbocycles. The zero-order valence-corrected chi connectivity index (χ0v) is 16.7. The van der Waals surface area contributed by atoms with E-state index in [1.807, 2.05) is 51.1 Å². The molecule has 1 N–H and O–H groups in total. The average molecular weight is 384 g/mol. The van der Waals surface area contributed by atoms with Crippen LogP contribution in [-0.2, 0) is 9.53 Å². The fraction of sp³-hybridized carbons (Fsp3) is 0.455. The molecule has 1 aromatic heterocycles. The van der Waals surface area contributed by atoms with Crippen molar-refractivity contribution in [2.45, 2.75) is 45.3 Å². The van der Waals surface area contributed by atoms with Crippen molar-refractivity contribution < 1.29 is 18.7 Å². The Kier molecular flexibility index (Phi) is 6.19. The zero-order chi connectivity index (χ0) is 20.1. The molecular weight excluding hydrogens is 356 g/mol. The van der Waals surface area contributed by atoms with Gasteiger partial charge in [0.15, 0.2) is 5.76 Å². The van der Waals surface area contributed by atoms with E-state index in [1.54, 1.807) is 12.1 Å². The second-order valence-electron chi connectivity index (χ2n) is 8.07. The van der Waals surface area contributed by atoms with Crippen LogP contribution in [0.3, 0.4) is 0 Å². The highest BCUT2D eigenvalue weighted by Gasteiger charge is 2.41. The first-order valence-corrected chi connectivity index (χ1v) is 9.72. The summed E-state index contributed by atoms with van der Waals surface area (Å²) < 4.78 is 11.1. The van der Waals surface area contributed by atoms with Crippen molar-refractivity contribution >= 4 is 17.6 Å². The van der Waals surface area contributed by atoms with E-state index in [1.165, 1.54) is 11.2 Å². The number of piperidine rings is 1. The van der Waals surface area contributed by atoms with Gasteiger partial charge in [-0.3, -0.25) is 9.69 Å². The van der Waals surface area contributed by atoms with Gasteiger partial charge >= 0.3 is 5.97 Å². The van der Waals surface area contributed by atoms with Crippen molar-refractivity contribution in [3.63, 3.8) is 0 Å². The molecule has 1 fully saturated rings. The van der Waals surface area contributed by atoms with E-state index in [0.29, 0.717) is 12.2 Å². The van der Waals surface area contributed by atoms with Gasteiger partial charge in [0.1, 0.15) is 11.6 Å². The highest BCUT2D eigenvalue weighted by atomic mass is 16.6. The first-order valence-electron chi connectivity index (χ1n) is 9.72. The molecule has 2 aromatic rings. The third-order valence-electron chi connectivity index (χ3n) is 4.69. The molecule has 0 spiro atoms. The fourth-order valence-electron chi connectivity index (χ4n) is 3.53. The molecule has 2 heterocycles. The molecule has 28 heavy (non-hydrogen) atoms.